The van der Waals surface area contributed by atoms with Gasteiger partial charge in [-0.1, -0.05) is 27.7 Å². The summed E-state index contributed by atoms with van der Waals surface area (Å²) in [6.07, 6.45) is 1.24. The van der Waals surface area contributed by atoms with Crippen LogP contribution in [0.25, 0.3) is 0 Å². The molecular formula is C32H60N2O8. The average Bonchev–Trinajstić information content (AvgIpc) is 2.84. The van der Waals surface area contributed by atoms with Gasteiger partial charge in [-0.2, -0.15) is 10.5 Å². The van der Waals surface area contributed by atoms with Crippen LogP contribution in [-0.4, -0.2) is 92.9 Å². The van der Waals surface area contributed by atoms with Crippen molar-refractivity contribution < 1.29 is 39.4 Å². The van der Waals surface area contributed by atoms with E-state index >= 15 is 0 Å². The molecule has 0 spiro atoms. The maximum Gasteiger partial charge on any atom is 0.371 e. The van der Waals surface area contributed by atoms with Gasteiger partial charge < -0.3 is 9.47 Å². The molecule has 0 aromatic rings. The van der Waals surface area contributed by atoms with E-state index in [4.69, 9.17) is 9.47 Å². The van der Waals surface area contributed by atoms with E-state index in [1.165, 1.54) is 0 Å². The third-order valence-electron chi connectivity index (χ3n) is 10.6. The van der Waals surface area contributed by atoms with Crippen molar-refractivity contribution in [1.29, 1.82) is 0 Å². The van der Waals surface area contributed by atoms with E-state index < -0.39 is 35.0 Å². The van der Waals surface area contributed by atoms with E-state index in [-0.39, 0.29) is 34.4 Å². The third-order valence-corrected chi connectivity index (χ3v) is 10.6. The summed E-state index contributed by atoms with van der Waals surface area (Å²) in [4.78, 5) is 38.9. The molecule has 0 bridgehead atoms. The quantitative estimate of drug-likeness (QED) is 0.218. The van der Waals surface area contributed by atoms with Gasteiger partial charge in [0.1, 0.15) is 0 Å². The minimum Gasteiger partial charge on any atom is -0.362 e. The first-order chi connectivity index (χ1) is 18.8. The molecule has 0 amide bonds. The van der Waals surface area contributed by atoms with Crippen LogP contribution in [0.5, 0.6) is 0 Å². The lowest BCUT2D eigenvalue weighted by Gasteiger charge is -2.54. The normalized spacial score (nSPS) is 25.0. The summed E-state index contributed by atoms with van der Waals surface area (Å²) in [5, 5.41) is 18.8. The first-order valence-electron chi connectivity index (χ1n) is 15.3. The Hall–Kier alpha value is -1.30. The molecule has 2 aliphatic heterocycles. The highest BCUT2D eigenvalue weighted by Crippen LogP contribution is 2.44. The predicted octanol–water partition coefficient (Wildman–Crippen LogP) is 5.92. The van der Waals surface area contributed by atoms with E-state index in [0.29, 0.717) is 38.5 Å². The van der Waals surface area contributed by atoms with Gasteiger partial charge in [0.05, 0.1) is 12.2 Å². The molecule has 0 saturated carbocycles. The van der Waals surface area contributed by atoms with Crippen LogP contribution in [0.4, 0.5) is 0 Å². The number of hydrogen-bond acceptors (Lipinski definition) is 10. The Morgan fingerprint density at radius 1 is 0.643 bits per heavy atom. The third kappa shape index (κ3) is 8.24. The molecular weight excluding hydrogens is 540 g/mol. The minimum atomic E-state index is -1.03. The largest absolute Gasteiger partial charge is 0.371 e. The van der Waals surface area contributed by atoms with Gasteiger partial charge in [-0.05, 0) is 108 Å². The van der Waals surface area contributed by atoms with Crippen LogP contribution in [0.15, 0.2) is 0 Å². The zero-order chi connectivity index (χ0) is 32.7. The molecule has 0 aliphatic carbocycles. The number of rotatable bonds is 11. The van der Waals surface area contributed by atoms with Gasteiger partial charge in [0, 0.05) is 33.0 Å². The molecule has 10 heteroatoms. The number of nitrogens with zero attached hydrogens (tertiary/aromatic N) is 2. The Balaban J connectivity index is 2.25. The average molecular weight is 601 g/mol. The van der Waals surface area contributed by atoms with Crippen LogP contribution in [0.1, 0.15) is 122 Å². The van der Waals surface area contributed by atoms with Gasteiger partial charge in [-0.25, -0.2) is 9.59 Å². The predicted molar refractivity (Wildman–Crippen MR) is 162 cm³/mol. The molecule has 2 aliphatic rings. The molecule has 42 heavy (non-hydrogen) atoms. The van der Waals surface area contributed by atoms with Crippen molar-refractivity contribution >= 4 is 11.9 Å². The first-order valence-corrected chi connectivity index (χ1v) is 15.3. The van der Waals surface area contributed by atoms with Gasteiger partial charge in [0.25, 0.3) is 0 Å². The fourth-order valence-corrected chi connectivity index (χ4v) is 7.26. The molecule has 2 heterocycles. The van der Waals surface area contributed by atoms with Crippen molar-refractivity contribution in [2.45, 2.75) is 168 Å². The van der Waals surface area contributed by atoms with Crippen molar-refractivity contribution in [1.82, 2.24) is 9.80 Å². The van der Waals surface area contributed by atoms with Crippen molar-refractivity contribution in [3.63, 3.8) is 0 Å². The summed E-state index contributed by atoms with van der Waals surface area (Å²) in [7, 11) is 4.20. The summed E-state index contributed by atoms with van der Waals surface area (Å²) >= 11 is 0. The summed E-state index contributed by atoms with van der Waals surface area (Å²) in [6, 6.07) is 0. The second kappa shape index (κ2) is 12.6. The van der Waals surface area contributed by atoms with Crippen LogP contribution in [0.2, 0.25) is 0 Å². The zero-order valence-corrected chi connectivity index (χ0v) is 28.8. The fourth-order valence-electron chi connectivity index (χ4n) is 7.26. The summed E-state index contributed by atoms with van der Waals surface area (Å²) < 4.78 is 12.9. The number of likely N-dealkylation sites (tertiary alicyclic amines) is 2. The fraction of sp³-hybridized carbons (Fsp3) is 0.938. The molecule has 10 nitrogen and oxygen atoms in total. The molecule has 2 rings (SSSR count). The zero-order valence-electron chi connectivity index (χ0n) is 28.8. The standard InChI is InChI=1S/C32H60N2O8/c1-27(2,23(25(35)41-37)39-21-17-29(5,6)33(13)30(7,8)18-21)15-16-28(3,4)24(26(36)42-38)40-22-19-31(9,10)34(14)32(11,12)20-22/h21-24,37-38H,15-20H2,1-14H3. The maximum atomic E-state index is 12.9. The highest BCUT2D eigenvalue weighted by atomic mass is 17.1. The van der Waals surface area contributed by atoms with Crippen LogP contribution >= 0.6 is 0 Å². The molecule has 246 valence electrons. The van der Waals surface area contributed by atoms with E-state index in [2.05, 4.69) is 89.1 Å². The summed E-state index contributed by atoms with van der Waals surface area (Å²) in [6.45, 7) is 24.9. The molecule has 0 radical (unpaired) electrons. The van der Waals surface area contributed by atoms with E-state index in [1.807, 2.05) is 27.7 Å². The number of carbonyl (C=O) groups excluding carboxylic acids is 2. The topological polar surface area (TPSA) is 118 Å². The molecule has 2 atom stereocenters. The Morgan fingerprint density at radius 3 is 1.10 bits per heavy atom. The van der Waals surface area contributed by atoms with Gasteiger partial charge in [-0.3, -0.25) is 19.6 Å². The molecule has 2 unspecified atom stereocenters. The van der Waals surface area contributed by atoms with Gasteiger partial charge >= 0.3 is 11.9 Å². The number of piperidine rings is 2. The molecule has 2 N–H and O–H groups in total. The lowest BCUT2D eigenvalue weighted by molar-refractivity contribution is -0.258. The Kier molecular flexibility index (Phi) is 11.1. The molecule has 2 saturated heterocycles. The highest BCUT2D eigenvalue weighted by Gasteiger charge is 2.50. The van der Waals surface area contributed by atoms with Crippen molar-refractivity contribution in [3.05, 3.63) is 0 Å². The van der Waals surface area contributed by atoms with Crippen molar-refractivity contribution in [3.8, 4) is 0 Å². The smallest absolute Gasteiger partial charge is 0.362 e. The van der Waals surface area contributed by atoms with Crippen molar-refractivity contribution in [2.24, 2.45) is 10.8 Å². The van der Waals surface area contributed by atoms with Gasteiger partial charge in [0.15, 0.2) is 12.2 Å². The lowest BCUT2D eigenvalue weighted by Crippen LogP contribution is -2.61. The first kappa shape index (κ1) is 36.9. The SMILES string of the molecule is CN1C(C)(C)CC(OC(C(=O)OO)C(C)(C)CCC(C)(C)C(OC2CC(C)(C)N(C)C(C)(C)C2)C(=O)OO)CC1(C)C. The van der Waals surface area contributed by atoms with Crippen LogP contribution in [0, 0.1) is 10.8 Å². The van der Waals surface area contributed by atoms with Gasteiger partial charge in [0.2, 0.25) is 0 Å². The second-order valence-corrected chi connectivity index (χ2v) is 16.8. The molecule has 0 aromatic heterocycles. The monoisotopic (exact) mass is 600 g/mol. The number of carbonyl (C=O) groups is 2. The van der Waals surface area contributed by atoms with Crippen LogP contribution < -0.4 is 0 Å². The highest BCUT2D eigenvalue weighted by molar-refractivity contribution is 5.75. The Labute approximate surface area is 254 Å². The lowest BCUT2D eigenvalue weighted by atomic mass is 9.73. The summed E-state index contributed by atoms with van der Waals surface area (Å²) in [5.74, 6) is -1.68. The Bertz CT molecular complexity index is 846. The van der Waals surface area contributed by atoms with E-state index in [1.54, 1.807) is 0 Å². The van der Waals surface area contributed by atoms with Gasteiger partial charge in [-0.15, -0.1) is 0 Å². The molecule has 2 fully saturated rings. The Morgan fingerprint density at radius 2 is 0.881 bits per heavy atom. The summed E-state index contributed by atoms with van der Waals surface area (Å²) in [5.41, 5.74) is -2.15. The second-order valence-electron chi connectivity index (χ2n) is 16.8. The maximum absolute atomic E-state index is 12.9. The van der Waals surface area contributed by atoms with E-state index in [0.717, 1.165) is 0 Å². The van der Waals surface area contributed by atoms with E-state index in [9.17, 15) is 20.1 Å². The van der Waals surface area contributed by atoms with Crippen molar-refractivity contribution in [2.75, 3.05) is 14.1 Å². The van der Waals surface area contributed by atoms with Crippen LogP contribution in [0.3, 0.4) is 0 Å². The van der Waals surface area contributed by atoms with Crippen LogP contribution in [-0.2, 0) is 28.8 Å². The molecule has 0 aromatic carbocycles. The minimum absolute atomic E-state index is 0.154. The number of ether oxygens (including phenoxy) is 2. The number of hydrogen-bond donors (Lipinski definition) is 2.